The van der Waals surface area contributed by atoms with Gasteiger partial charge in [-0.3, -0.25) is 4.79 Å². The van der Waals surface area contributed by atoms with Crippen molar-refractivity contribution in [2.45, 2.75) is 13.8 Å². The zero-order valence-corrected chi connectivity index (χ0v) is 13.0. The van der Waals surface area contributed by atoms with Crippen LogP contribution in [-0.2, 0) is 0 Å². The number of amides is 1. The third-order valence-corrected chi connectivity index (χ3v) is 3.42. The van der Waals surface area contributed by atoms with Crippen molar-refractivity contribution >= 4 is 34.8 Å². The molecule has 0 aliphatic heterocycles. The first-order valence-electron chi connectivity index (χ1n) is 6.07. The minimum absolute atomic E-state index is 0.178. The van der Waals surface area contributed by atoms with Crippen LogP contribution in [0.15, 0.2) is 30.3 Å². The van der Waals surface area contributed by atoms with Crippen molar-refractivity contribution in [2.75, 3.05) is 11.9 Å². The van der Waals surface area contributed by atoms with Crippen LogP contribution in [0.4, 0.5) is 5.69 Å². The van der Waals surface area contributed by atoms with Crippen LogP contribution in [0.5, 0.6) is 0 Å². The summed E-state index contributed by atoms with van der Waals surface area (Å²) >= 11 is 11.7. The van der Waals surface area contributed by atoms with Crippen LogP contribution in [0.2, 0.25) is 10.3 Å². The lowest BCUT2D eigenvalue weighted by molar-refractivity contribution is 0.0992. The minimum atomic E-state index is -0.178. The summed E-state index contributed by atoms with van der Waals surface area (Å²) in [7, 11) is 1.72. The van der Waals surface area contributed by atoms with E-state index in [0.29, 0.717) is 5.56 Å². The summed E-state index contributed by atoms with van der Waals surface area (Å²) < 4.78 is 0. The summed E-state index contributed by atoms with van der Waals surface area (Å²) in [4.78, 5) is 17.9. The zero-order valence-electron chi connectivity index (χ0n) is 11.4. The highest BCUT2D eigenvalue weighted by Gasteiger charge is 2.16. The molecule has 0 aliphatic rings. The van der Waals surface area contributed by atoms with Crippen molar-refractivity contribution in [3.8, 4) is 0 Å². The normalized spacial score (nSPS) is 10.4. The maximum Gasteiger partial charge on any atom is 0.258 e. The number of benzene rings is 1. The van der Waals surface area contributed by atoms with Gasteiger partial charge in [-0.15, -0.1) is 0 Å². The number of hydrogen-bond donors (Lipinski definition) is 0. The molecule has 0 spiro atoms. The van der Waals surface area contributed by atoms with E-state index >= 15 is 0 Å². The van der Waals surface area contributed by atoms with Gasteiger partial charge in [-0.25, -0.2) is 4.98 Å². The predicted molar refractivity (Wildman–Crippen MR) is 82.9 cm³/mol. The lowest BCUT2D eigenvalue weighted by Crippen LogP contribution is -2.27. The smallest absolute Gasteiger partial charge is 0.258 e. The first kappa shape index (κ1) is 14.8. The molecule has 0 aliphatic carbocycles. The highest BCUT2D eigenvalue weighted by atomic mass is 35.5. The molecule has 1 heterocycles. The molecule has 2 rings (SSSR count). The van der Waals surface area contributed by atoms with Crippen molar-refractivity contribution < 1.29 is 4.79 Å². The van der Waals surface area contributed by atoms with Gasteiger partial charge >= 0.3 is 0 Å². The molecule has 20 heavy (non-hydrogen) atoms. The predicted octanol–water partition coefficient (Wildman–Crippen LogP) is 4.28. The third kappa shape index (κ3) is 3.11. The maximum absolute atomic E-state index is 12.5. The molecule has 1 amide bonds. The molecular formula is C15H14Cl2N2O. The average Bonchev–Trinajstić information content (AvgIpc) is 2.36. The lowest BCUT2D eigenvalue weighted by Gasteiger charge is -2.20. The van der Waals surface area contributed by atoms with Crippen LogP contribution < -0.4 is 4.90 Å². The van der Waals surface area contributed by atoms with E-state index in [1.165, 1.54) is 12.1 Å². The van der Waals surface area contributed by atoms with Gasteiger partial charge in [0, 0.05) is 18.3 Å². The summed E-state index contributed by atoms with van der Waals surface area (Å²) in [5, 5.41) is 0.407. The average molecular weight is 309 g/mol. The van der Waals surface area contributed by atoms with E-state index in [1.807, 2.05) is 32.0 Å². The molecule has 1 aromatic heterocycles. The molecule has 0 N–H and O–H groups in total. The Morgan fingerprint density at radius 3 is 2.25 bits per heavy atom. The first-order valence-corrected chi connectivity index (χ1v) is 6.82. The van der Waals surface area contributed by atoms with Crippen LogP contribution in [0, 0.1) is 13.8 Å². The second-order valence-corrected chi connectivity index (χ2v) is 5.43. The fourth-order valence-corrected chi connectivity index (χ4v) is 2.53. The Balaban J connectivity index is 2.37. The Kier molecular flexibility index (Phi) is 4.31. The van der Waals surface area contributed by atoms with Crippen LogP contribution in [0.25, 0.3) is 0 Å². The van der Waals surface area contributed by atoms with Crippen molar-refractivity contribution in [1.29, 1.82) is 0 Å². The van der Waals surface area contributed by atoms with Crippen molar-refractivity contribution in [3.05, 3.63) is 57.3 Å². The Morgan fingerprint density at radius 2 is 1.70 bits per heavy atom. The van der Waals surface area contributed by atoms with Crippen molar-refractivity contribution in [3.63, 3.8) is 0 Å². The lowest BCUT2D eigenvalue weighted by atomic mass is 10.1. The molecule has 0 fully saturated rings. The standard InChI is InChI=1S/C15H14Cl2N2O/c1-9-4-5-12(10(2)6-9)19(3)15(20)11-7-13(16)18-14(17)8-11/h4-8H,1-3H3. The number of halogens is 2. The number of aromatic nitrogens is 1. The highest BCUT2D eigenvalue weighted by Crippen LogP contribution is 2.23. The van der Waals surface area contributed by atoms with Gasteiger partial charge < -0.3 is 4.90 Å². The van der Waals surface area contributed by atoms with Crippen molar-refractivity contribution in [1.82, 2.24) is 4.98 Å². The van der Waals surface area contributed by atoms with E-state index in [9.17, 15) is 4.79 Å². The quantitative estimate of drug-likeness (QED) is 0.776. The Hall–Kier alpha value is -1.58. The number of rotatable bonds is 2. The highest BCUT2D eigenvalue weighted by molar-refractivity contribution is 6.33. The molecule has 0 saturated carbocycles. The van der Waals surface area contributed by atoms with E-state index in [4.69, 9.17) is 23.2 Å². The van der Waals surface area contributed by atoms with Crippen LogP contribution in [-0.4, -0.2) is 17.9 Å². The van der Waals surface area contributed by atoms with Crippen LogP contribution in [0.3, 0.4) is 0 Å². The maximum atomic E-state index is 12.5. The first-order chi connectivity index (χ1) is 9.38. The van der Waals surface area contributed by atoms with E-state index in [1.54, 1.807) is 11.9 Å². The van der Waals surface area contributed by atoms with Gasteiger partial charge in [0.25, 0.3) is 5.91 Å². The fraction of sp³-hybridized carbons (Fsp3) is 0.200. The summed E-state index contributed by atoms with van der Waals surface area (Å²) in [5.74, 6) is -0.178. The van der Waals surface area contributed by atoms with E-state index in [0.717, 1.165) is 16.8 Å². The molecule has 104 valence electrons. The second-order valence-electron chi connectivity index (χ2n) is 4.66. The number of hydrogen-bond acceptors (Lipinski definition) is 2. The summed E-state index contributed by atoms with van der Waals surface area (Å²) in [6.45, 7) is 3.99. The van der Waals surface area contributed by atoms with Crippen LogP contribution >= 0.6 is 23.2 Å². The second kappa shape index (κ2) is 5.81. The topological polar surface area (TPSA) is 33.2 Å². The van der Waals surface area contributed by atoms with Gasteiger partial charge in [0.15, 0.2) is 0 Å². The van der Waals surface area contributed by atoms with Gasteiger partial charge in [-0.05, 0) is 37.6 Å². The SMILES string of the molecule is Cc1ccc(N(C)C(=O)c2cc(Cl)nc(Cl)c2)c(C)c1. The fourth-order valence-electron chi connectivity index (χ4n) is 2.07. The largest absolute Gasteiger partial charge is 0.311 e. The molecule has 3 nitrogen and oxygen atoms in total. The van der Waals surface area contributed by atoms with Crippen molar-refractivity contribution in [2.24, 2.45) is 0 Å². The number of carbonyl (C=O) groups is 1. The minimum Gasteiger partial charge on any atom is -0.311 e. The number of carbonyl (C=O) groups excluding carboxylic acids is 1. The summed E-state index contributed by atoms with van der Waals surface area (Å²) in [6, 6.07) is 8.95. The van der Waals surface area contributed by atoms with Gasteiger partial charge in [0.05, 0.1) is 0 Å². The molecule has 0 saturated heterocycles. The van der Waals surface area contributed by atoms with E-state index < -0.39 is 0 Å². The number of pyridine rings is 1. The van der Waals surface area contributed by atoms with E-state index in [-0.39, 0.29) is 16.2 Å². The van der Waals surface area contributed by atoms with Crippen LogP contribution in [0.1, 0.15) is 21.5 Å². The Morgan fingerprint density at radius 1 is 1.10 bits per heavy atom. The summed E-state index contributed by atoms with van der Waals surface area (Å²) in [6.07, 6.45) is 0. The zero-order chi connectivity index (χ0) is 14.9. The van der Waals surface area contributed by atoms with Gasteiger partial charge in [-0.1, -0.05) is 40.9 Å². The van der Waals surface area contributed by atoms with Gasteiger partial charge in [-0.2, -0.15) is 0 Å². The molecule has 0 unspecified atom stereocenters. The summed E-state index contributed by atoms with van der Waals surface area (Å²) in [5.41, 5.74) is 3.45. The van der Waals surface area contributed by atoms with Gasteiger partial charge in [0.2, 0.25) is 0 Å². The Labute approximate surface area is 128 Å². The van der Waals surface area contributed by atoms with E-state index in [2.05, 4.69) is 4.98 Å². The molecule has 0 radical (unpaired) electrons. The Bertz CT molecular complexity index is 651. The third-order valence-electron chi connectivity index (χ3n) is 3.03. The molecular weight excluding hydrogens is 295 g/mol. The number of aryl methyl sites for hydroxylation is 2. The molecule has 5 heteroatoms. The molecule has 0 bridgehead atoms. The molecule has 1 aromatic carbocycles. The number of anilines is 1. The molecule has 2 aromatic rings. The number of nitrogens with zero attached hydrogens (tertiary/aromatic N) is 2. The molecule has 0 atom stereocenters. The monoisotopic (exact) mass is 308 g/mol. The van der Waals surface area contributed by atoms with Gasteiger partial charge in [0.1, 0.15) is 10.3 Å².